The Bertz CT molecular complexity index is 576. The largest absolute Gasteiger partial charge is 0.464 e. The van der Waals surface area contributed by atoms with E-state index in [9.17, 15) is 0 Å². The van der Waals surface area contributed by atoms with Gasteiger partial charge in [-0.15, -0.1) is 0 Å². The Hall–Kier alpha value is -1.74. The molecule has 20 heavy (non-hydrogen) atoms. The van der Waals surface area contributed by atoms with E-state index in [1.54, 1.807) is 7.11 Å². The zero-order valence-corrected chi connectivity index (χ0v) is 12.1. The van der Waals surface area contributed by atoms with Crippen molar-refractivity contribution in [2.24, 2.45) is 5.92 Å². The van der Waals surface area contributed by atoms with Crippen LogP contribution in [0.2, 0.25) is 0 Å². The molecular formula is C17H21NO2. The number of anilines is 1. The van der Waals surface area contributed by atoms with Crippen LogP contribution < -0.4 is 5.32 Å². The minimum atomic E-state index is 0.617. The maximum absolute atomic E-state index is 5.91. The number of nitrogens with one attached hydrogen (secondary N) is 1. The molecule has 1 aromatic heterocycles. The van der Waals surface area contributed by atoms with Gasteiger partial charge in [-0.25, -0.2) is 0 Å². The lowest BCUT2D eigenvalue weighted by Crippen LogP contribution is -2.02. The SMILES string of the molecule is COCc1ccccc1NCc1ccc(C2CC2C)o1. The third-order valence-corrected chi connectivity index (χ3v) is 3.93. The third kappa shape index (κ3) is 2.88. The maximum Gasteiger partial charge on any atom is 0.123 e. The molecule has 3 heteroatoms. The van der Waals surface area contributed by atoms with E-state index in [-0.39, 0.29) is 0 Å². The molecule has 106 valence electrons. The van der Waals surface area contributed by atoms with Crippen molar-refractivity contribution in [2.45, 2.75) is 32.4 Å². The first-order chi connectivity index (χ1) is 9.78. The highest BCUT2D eigenvalue weighted by Gasteiger charge is 2.36. The second-order valence-corrected chi connectivity index (χ2v) is 5.57. The Morgan fingerprint density at radius 1 is 1.25 bits per heavy atom. The van der Waals surface area contributed by atoms with Gasteiger partial charge in [-0.05, 0) is 30.5 Å². The molecule has 1 aliphatic carbocycles. The van der Waals surface area contributed by atoms with Gasteiger partial charge in [0.25, 0.3) is 0 Å². The summed E-state index contributed by atoms with van der Waals surface area (Å²) in [6.45, 7) is 3.60. The normalized spacial score (nSPS) is 20.9. The van der Waals surface area contributed by atoms with Crippen LogP contribution in [0.15, 0.2) is 40.8 Å². The second kappa shape index (κ2) is 5.71. The van der Waals surface area contributed by atoms with Gasteiger partial charge in [-0.2, -0.15) is 0 Å². The van der Waals surface area contributed by atoms with Crippen LogP contribution in [0.4, 0.5) is 5.69 Å². The fraction of sp³-hybridized carbons (Fsp3) is 0.412. The smallest absolute Gasteiger partial charge is 0.123 e. The first-order valence-electron chi connectivity index (χ1n) is 7.17. The average Bonchev–Trinajstić information content (AvgIpc) is 3.01. The molecule has 2 aromatic rings. The van der Waals surface area contributed by atoms with Crippen molar-refractivity contribution in [3.63, 3.8) is 0 Å². The van der Waals surface area contributed by atoms with Gasteiger partial charge in [0.1, 0.15) is 11.5 Å². The van der Waals surface area contributed by atoms with Crippen molar-refractivity contribution >= 4 is 5.69 Å². The van der Waals surface area contributed by atoms with Gasteiger partial charge in [-0.1, -0.05) is 25.1 Å². The fourth-order valence-corrected chi connectivity index (χ4v) is 2.56. The van der Waals surface area contributed by atoms with Crippen molar-refractivity contribution in [1.29, 1.82) is 0 Å². The highest BCUT2D eigenvalue weighted by Crippen LogP contribution is 2.47. The van der Waals surface area contributed by atoms with E-state index in [4.69, 9.17) is 9.15 Å². The molecule has 1 fully saturated rings. The van der Waals surface area contributed by atoms with Crippen LogP contribution >= 0.6 is 0 Å². The quantitative estimate of drug-likeness (QED) is 0.856. The monoisotopic (exact) mass is 271 g/mol. The van der Waals surface area contributed by atoms with Gasteiger partial charge in [0.05, 0.1) is 13.2 Å². The summed E-state index contributed by atoms with van der Waals surface area (Å²) in [6, 6.07) is 12.4. The zero-order chi connectivity index (χ0) is 13.9. The number of hydrogen-bond donors (Lipinski definition) is 1. The number of para-hydroxylation sites is 1. The summed E-state index contributed by atoms with van der Waals surface area (Å²) in [6.07, 6.45) is 1.26. The number of hydrogen-bond acceptors (Lipinski definition) is 3. The standard InChI is InChI=1S/C17H21NO2/c1-12-9-15(12)17-8-7-14(20-17)10-18-16-6-4-3-5-13(16)11-19-2/h3-8,12,15,18H,9-11H2,1-2H3. The van der Waals surface area contributed by atoms with Crippen molar-refractivity contribution in [3.05, 3.63) is 53.5 Å². The molecular weight excluding hydrogens is 250 g/mol. The Labute approximate surface area is 119 Å². The molecule has 0 amide bonds. The minimum Gasteiger partial charge on any atom is -0.464 e. The van der Waals surface area contributed by atoms with Crippen LogP contribution in [0, 0.1) is 5.92 Å². The van der Waals surface area contributed by atoms with Crippen LogP contribution in [-0.2, 0) is 17.9 Å². The van der Waals surface area contributed by atoms with E-state index < -0.39 is 0 Å². The Kier molecular flexibility index (Phi) is 3.79. The van der Waals surface area contributed by atoms with Crippen LogP contribution in [0.3, 0.4) is 0 Å². The lowest BCUT2D eigenvalue weighted by molar-refractivity contribution is 0.185. The molecule has 0 aliphatic heterocycles. The summed E-state index contributed by atoms with van der Waals surface area (Å²) in [4.78, 5) is 0. The van der Waals surface area contributed by atoms with Crippen LogP contribution in [0.5, 0.6) is 0 Å². The highest BCUT2D eigenvalue weighted by atomic mass is 16.5. The molecule has 1 N–H and O–H groups in total. The Balaban J connectivity index is 1.63. The summed E-state index contributed by atoms with van der Waals surface area (Å²) < 4.78 is 11.1. The molecule has 0 bridgehead atoms. The molecule has 0 radical (unpaired) electrons. The van der Waals surface area contributed by atoms with Gasteiger partial charge in [0, 0.05) is 24.3 Å². The van der Waals surface area contributed by atoms with Crippen molar-refractivity contribution in [2.75, 3.05) is 12.4 Å². The third-order valence-electron chi connectivity index (χ3n) is 3.93. The van der Waals surface area contributed by atoms with E-state index >= 15 is 0 Å². The lowest BCUT2D eigenvalue weighted by Gasteiger charge is -2.10. The van der Waals surface area contributed by atoms with Gasteiger partial charge in [0.15, 0.2) is 0 Å². The van der Waals surface area contributed by atoms with Crippen LogP contribution in [-0.4, -0.2) is 7.11 Å². The van der Waals surface area contributed by atoms with Gasteiger partial charge >= 0.3 is 0 Å². The summed E-state index contributed by atoms with van der Waals surface area (Å²) in [5, 5.41) is 3.42. The van der Waals surface area contributed by atoms with E-state index in [1.165, 1.54) is 6.42 Å². The zero-order valence-electron chi connectivity index (χ0n) is 12.1. The topological polar surface area (TPSA) is 34.4 Å². The number of methoxy groups -OCH3 is 1. The van der Waals surface area contributed by atoms with Gasteiger partial charge in [0.2, 0.25) is 0 Å². The second-order valence-electron chi connectivity index (χ2n) is 5.57. The molecule has 2 atom stereocenters. The van der Waals surface area contributed by atoms with Crippen LogP contribution in [0.1, 0.15) is 36.3 Å². The molecule has 1 heterocycles. The Morgan fingerprint density at radius 3 is 2.80 bits per heavy atom. The van der Waals surface area contributed by atoms with E-state index in [1.807, 2.05) is 12.1 Å². The van der Waals surface area contributed by atoms with Crippen molar-refractivity contribution < 1.29 is 9.15 Å². The molecule has 1 aromatic carbocycles. The summed E-state index contributed by atoms with van der Waals surface area (Å²) in [5.41, 5.74) is 2.27. The molecule has 3 nitrogen and oxygen atoms in total. The number of furan rings is 1. The number of rotatable bonds is 6. The molecule has 0 spiro atoms. The fourth-order valence-electron chi connectivity index (χ4n) is 2.56. The molecule has 1 aliphatic rings. The summed E-state index contributed by atoms with van der Waals surface area (Å²) in [7, 11) is 1.71. The van der Waals surface area contributed by atoms with Crippen molar-refractivity contribution in [1.82, 2.24) is 0 Å². The van der Waals surface area contributed by atoms with Gasteiger partial charge in [-0.3, -0.25) is 0 Å². The Morgan fingerprint density at radius 2 is 2.05 bits per heavy atom. The number of benzene rings is 1. The van der Waals surface area contributed by atoms with Crippen LogP contribution in [0.25, 0.3) is 0 Å². The van der Waals surface area contributed by atoms with E-state index in [0.717, 1.165) is 28.7 Å². The number of ether oxygens (including phenoxy) is 1. The molecule has 0 saturated heterocycles. The van der Waals surface area contributed by atoms with Gasteiger partial charge < -0.3 is 14.5 Å². The first kappa shape index (κ1) is 13.3. The molecule has 2 unspecified atom stereocenters. The lowest BCUT2D eigenvalue weighted by atomic mass is 10.2. The molecule has 3 rings (SSSR count). The van der Waals surface area contributed by atoms with E-state index in [0.29, 0.717) is 19.1 Å². The average molecular weight is 271 g/mol. The molecule has 1 saturated carbocycles. The summed E-state index contributed by atoms with van der Waals surface area (Å²) >= 11 is 0. The summed E-state index contributed by atoms with van der Waals surface area (Å²) in [5.74, 6) is 3.56. The van der Waals surface area contributed by atoms with E-state index in [2.05, 4.69) is 36.5 Å². The predicted octanol–water partition coefficient (Wildman–Crippen LogP) is 4.16. The minimum absolute atomic E-state index is 0.617. The van der Waals surface area contributed by atoms with Crippen molar-refractivity contribution in [3.8, 4) is 0 Å². The highest BCUT2D eigenvalue weighted by molar-refractivity contribution is 5.50. The first-order valence-corrected chi connectivity index (χ1v) is 7.17. The maximum atomic E-state index is 5.91. The predicted molar refractivity (Wildman–Crippen MR) is 79.7 cm³/mol.